The van der Waals surface area contributed by atoms with Crippen molar-refractivity contribution in [2.75, 3.05) is 37.5 Å². The summed E-state index contributed by atoms with van der Waals surface area (Å²) in [5.41, 5.74) is 3.43. The highest BCUT2D eigenvalue weighted by molar-refractivity contribution is 7.83. The number of nitrogens with one attached hydrogen (secondary N) is 3. The molecule has 2 aromatic carbocycles. The van der Waals surface area contributed by atoms with Crippen LogP contribution in [0, 0.1) is 6.92 Å². The van der Waals surface area contributed by atoms with Gasteiger partial charge in [0.25, 0.3) is 0 Å². The predicted octanol–water partition coefficient (Wildman–Crippen LogP) is 5.08. The molecule has 0 aliphatic heterocycles. The van der Waals surface area contributed by atoms with Gasteiger partial charge in [-0.1, -0.05) is 18.2 Å². The normalized spacial score (nSPS) is 12.5. The van der Waals surface area contributed by atoms with Crippen molar-refractivity contribution in [1.29, 1.82) is 0 Å². The highest BCUT2D eigenvalue weighted by Gasteiger charge is 2.15. The van der Waals surface area contributed by atoms with Gasteiger partial charge in [-0.3, -0.25) is 0 Å². The third-order valence-electron chi connectivity index (χ3n) is 5.20. The van der Waals surface area contributed by atoms with Crippen LogP contribution in [0.4, 0.5) is 23.1 Å². The molecule has 0 fully saturated rings. The third kappa shape index (κ3) is 9.49. The average molecular weight is 527 g/mol. The van der Waals surface area contributed by atoms with Gasteiger partial charge < -0.3 is 20.2 Å². The van der Waals surface area contributed by atoms with Gasteiger partial charge in [0.1, 0.15) is 16.8 Å². The van der Waals surface area contributed by atoms with E-state index in [0.717, 1.165) is 22.5 Å². The Morgan fingerprint density at radius 2 is 1.81 bits per heavy atom. The molecule has 1 atom stereocenters. The van der Waals surface area contributed by atoms with Gasteiger partial charge >= 0.3 is 0 Å². The molecule has 200 valence electrons. The fourth-order valence-electron chi connectivity index (χ4n) is 3.36. The van der Waals surface area contributed by atoms with E-state index >= 15 is 0 Å². The number of hydroxylamine groups is 2. The number of ether oxygens (including phenoxy) is 1. The van der Waals surface area contributed by atoms with E-state index in [0.29, 0.717) is 43.0 Å². The number of aromatic nitrogens is 2. The molecule has 1 heterocycles. The fraction of sp³-hybridized carbons (Fsp3) is 0.407. The second-order valence-electron chi connectivity index (χ2n) is 9.56. The van der Waals surface area contributed by atoms with Crippen molar-refractivity contribution in [3.05, 3.63) is 65.9 Å². The van der Waals surface area contributed by atoms with E-state index < -0.39 is 11.0 Å². The van der Waals surface area contributed by atoms with E-state index in [1.165, 1.54) is 0 Å². The highest BCUT2D eigenvalue weighted by Crippen LogP contribution is 2.23. The zero-order chi connectivity index (χ0) is 26.8. The molecular formula is C27H38N6O3S. The minimum absolute atomic E-state index is 0.261. The van der Waals surface area contributed by atoms with Crippen LogP contribution < -0.4 is 15.4 Å². The van der Waals surface area contributed by atoms with Gasteiger partial charge in [0.15, 0.2) is 0 Å². The van der Waals surface area contributed by atoms with Crippen LogP contribution in [0.5, 0.6) is 0 Å². The molecule has 1 aromatic heterocycles. The van der Waals surface area contributed by atoms with Gasteiger partial charge in [-0.15, -0.1) is 0 Å². The summed E-state index contributed by atoms with van der Waals surface area (Å²) in [6.07, 6.45) is 1.77. The van der Waals surface area contributed by atoms with Crippen LogP contribution in [0.3, 0.4) is 0 Å². The van der Waals surface area contributed by atoms with E-state index in [-0.39, 0.29) is 5.54 Å². The first-order valence-corrected chi connectivity index (χ1v) is 13.4. The monoisotopic (exact) mass is 526 g/mol. The van der Waals surface area contributed by atoms with Crippen LogP contribution in [-0.4, -0.2) is 51.6 Å². The number of hydrogen-bond acceptors (Lipinski definition) is 8. The van der Waals surface area contributed by atoms with E-state index in [1.807, 2.05) is 88.2 Å². The molecule has 37 heavy (non-hydrogen) atoms. The van der Waals surface area contributed by atoms with Crippen LogP contribution in [0.25, 0.3) is 0 Å². The lowest BCUT2D eigenvalue weighted by molar-refractivity contribution is -0.147. The maximum absolute atomic E-state index is 12.7. The number of aryl methyl sites for hydroxylation is 1. The molecular weight excluding hydrogens is 488 g/mol. The summed E-state index contributed by atoms with van der Waals surface area (Å²) in [6.45, 7) is 12.5. The minimum Gasteiger partial charge on any atom is -0.380 e. The lowest BCUT2D eigenvalue weighted by Crippen LogP contribution is -2.37. The van der Waals surface area contributed by atoms with Gasteiger partial charge in [-0.05, 0) is 70.5 Å². The number of benzene rings is 2. The van der Waals surface area contributed by atoms with Gasteiger partial charge in [0, 0.05) is 48.4 Å². The molecule has 1 unspecified atom stereocenters. The van der Waals surface area contributed by atoms with Crippen LogP contribution in [0.1, 0.15) is 38.8 Å². The summed E-state index contributed by atoms with van der Waals surface area (Å²) < 4.78 is 21.2. The van der Waals surface area contributed by atoms with Crippen molar-refractivity contribution in [2.24, 2.45) is 0 Å². The summed E-state index contributed by atoms with van der Waals surface area (Å²) in [6, 6.07) is 15.6. The standard InChI is InChI=1S/C27H38N6O3S/c1-7-36-16-15-33(35-6)19-21-11-13-22(14-12-21)30-26-28-18-20(2)25(31-26)29-23-9-8-10-24(17-23)37(34)32-27(3,4)5/h8-14,17-18,32H,7,15-16,19H2,1-6H3,(H2,28,29,30,31). The van der Waals surface area contributed by atoms with E-state index in [2.05, 4.69) is 25.3 Å². The lowest BCUT2D eigenvalue weighted by Gasteiger charge is -2.20. The van der Waals surface area contributed by atoms with Crippen molar-refractivity contribution >= 4 is 34.1 Å². The molecule has 0 spiro atoms. The van der Waals surface area contributed by atoms with E-state index in [1.54, 1.807) is 13.3 Å². The summed E-state index contributed by atoms with van der Waals surface area (Å²) in [5, 5.41) is 8.46. The quantitative estimate of drug-likeness (QED) is 0.209. The lowest BCUT2D eigenvalue weighted by atomic mass is 10.1. The van der Waals surface area contributed by atoms with Crippen molar-refractivity contribution in [3.63, 3.8) is 0 Å². The Morgan fingerprint density at radius 1 is 1.05 bits per heavy atom. The maximum atomic E-state index is 12.7. The van der Waals surface area contributed by atoms with Crippen LogP contribution in [0.15, 0.2) is 59.6 Å². The Balaban J connectivity index is 1.65. The average Bonchev–Trinajstić information content (AvgIpc) is 2.86. The molecule has 3 rings (SSSR count). The van der Waals surface area contributed by atoms with Crippen LogP contribution in [-0.2, 0) is 27.1 Å². The van der Waals surface area contributed by atoms with Gasteiger partial charge in [0.2, 0.25) is 5.95 Å². The zero-order valence-electron chi connectivity index (χ0n) is 22.5. The highest BCUT2D eigenvalue weighted by atomic mass is 32.2. The largest absolute Gasteiger partial charge is 0.380 e. The molecule has 0 radical (unpaired) electrons. The van der Waals surface area contributed by atoms with Gasteiger partial charge in [0.05, 0.1) is 18.6 Å². The summed E-state index contributed by atoms with van der Waals surface area (Å²) in [4.78, 5) is 15.2. The topological polar surface area (TPSA) is 101 Å². The molecule has 0 saturated carbocycles. The predicted molar refractivity (Wildman–Crippen MR) is 149 cm³/mol. The maximum Gasteiger partial charge on any atom is 0.229 e. The van der Waals surface area contributed by atoms with Crippen molar-refractivity contribution in [2.45, 2.75) is 51.6 Å². The van der Waals surface area contributed by atoms with Crippen LogP contribution in [0.2, 0.25) is 0 Å². The molecule has 0 saturated heterocycles. The Labute approximate surface area is 222 Å². The third-order valence-corrected chi connectivity index (χ3v) is 6.68. The number of anilines is 4. The first-order chi connectivity index (χ1) is 17.7. The van der Waals surface area contributed by atoms with E-state index in [9.17, 15) is 4.21 Å². The SMILES string of the molecule is CCOCCN(Cc1ccc(Nc2ncc(C)c(Nc3cccc(S(=O)NC(C)(C)C)c3)n2)cc1)OC. The molecule has 0 aliphatic carbocycles. The molecule has 9 nitrogen and oxygen atoms in total. The fourth-order valence-corrected chi connectivity index (χ4v) is 4.47. The number of nitrogens with zero attached hydrogens (tertiary/aromatic N) is 3. The Kier molecular flexibility index (Phi) is 10.5. The Hall–Kier alpha value is -2.89. The second kappa shape index (κ2) is 13.6. The van der Waals surface area contributed by atoms with Crippen molar-refractivity contribution in [3.8, 4) is 0 Å². The summed E-state index contributed by atoms with van der Waals surface area (Å²) in [5.74, 6) is 1.15. The van der Waals surface area contributed by atoms with Gasteiger partial charge in [-0.2, -0.15) is 10.0 Å². The Morgan fingerprint density at radius 3 is 2.49 bits per heavy atom. The van der Waals surface area contributed by atoms with Crippen LogP contribution >= 0.6 is 0 Å². The molecule has 10 heteroatoms. The van der Waals surface area contributed by atoms with Crippen molar-refractivity contribution in [1.82, 2.24) is 19.8 Å². The molecule has 3 aromatic rings. The Bertz CT molecular complexity index is 1170. The molecule has 3 N–H and O–H groups in total. The molecule has 0 aliphatic rings. The minimum atomic E-state index is -1.32. The summed E-state index contributed by atoms with van der Waals surface area (Å²) >= 11 is 0. The zero-order valence-corrected chi connectivity index (χ0v) is 23.3. The molecule has 0 amide bonds. The second-order valence-corrected chi connectivity index (χ2v) is 10.8. The first-order valence-electron chi connectivity index (χ1n) is 12.3. The van der Waals surface area contributed by atoms with E-state index in [4.69, 9.17) is 9.57 Å². The number of rotatable bonds is 13. The first kappa shape index (κ1) is 28.7. The smallest absolute Gasteiger partial charge is 0.229 e. The summed E-state index contributed by atoms with van der Waals surface area (Å²) in [7, 11) is 0.349. The molecule has 0 bridgehead atoms. The number of hydrogen-bond donors (Lipinski definition) is 3. The van der Waals surface area contributed by atoms with Crippen molar-refractivity contribution < 1.29 is 13.8 Å². The van der Waals surface area contributed by atoms with Gasteiger partial charge in [-0.25, -0.2) is 13.9 Å².